The number of anilines is 1. The third-order valence-electron chi connectivity index (χ3n) is 5.20. The Labute approximate surface area is 218 Å². The first-order chi connectivity index (χ1) is 16.3. The van der Waals surface area contributed by atoms with Crippen LogP contribution in [0.5, 0.6) is 5.75 Å². The summed E-state index contributed by atoms with van der Waals surface area (Å²) in [6.07, 6.45) is -0.505. The maximum absolute atomic E-state index is 12.7. The maximum atomic E-state index is 12.7. The molecule has 0 aliphatic carbocycles. The number of benzene rings is 4. The van der Waals surface area contributed by atoms with Crippen LogP contribution in [0.3, 0.4) is 0 Å². The van der Waals surface area contributed by atoms with E-state index in [-0.39, 0.29) is 5.91 Å². The van der Waals surface area contributed by atoms with Crippen LogP contribution >= 0.6 is 46.4 Å². The van der Waals surface area contributed by atoms with Crippen LogP contribution in [-0.4, -0.2) is 5.91 Å². The largest absolute Gasteiger partial charge is 0.481 e. The molecule has 4 rings (SSSR count). The molecule has 1 amide bonds. The van der Waals surface area contributed by atoms with E-state index < -0.39 is 6.10 Å². The third-order valence-corrected chi connectivity index (χ3v) is 6.27. The Morgan fingerprint density at radius 3 is 2.00 bits per heavy atom. The summed E-state index contributed by atoms with van der Waals surface area (Å²) in [5.41, 5.74) is 3.60. The van der Waals surface area contributed by atoms with Crippen LogP contribution in [0.2, 0.25) is 20.1 Å². The molecule has 7 heteroatoms. The summed E-state index contributed by atoms with van der Waals surface area (Å²) in [6, 6.07) is 24.9. The lowest BCUT2D eigenvalue weighted by Gasteiger charge is -2.23. The lowest BCUT2D eigenvalue weighted by molar-refractivity contribution is 0.102. The van der Waals surface area contributed by atoms with Crippen molar-refractivity contribution in [2.45, 2.75) is 13.0 Å². The number of carbonyl (C=O) groups excluding carboxylic acids is 1. The Morgan fingerprint density at radius 1 is 0.765 bits per heavy atom. The summed E-state index contributed by atoms with van der Waals surface area (Å²) in [5, 5.41) is 5.11. The standard InChI is InChI=1S/C27H19Cl4NO2/c1-16-14-18(27(33)32-22-10-7-20(29)8-11-22)4-13-25(16)34-26(17-2-5-19(28)6-3-17)23-12-9-21(30)15-24(23)31/h2-15,26H,1H3,(H,32,33). The van der Waals surface area contributed by atoms with Gasteiger partial charge in [-0.05, 0) is 84.8 Å². The highest BCUT2D eigenvalue weighted by Gasteiger charge is 2.21. The summed E-state index contributed by atoms with van der Waals surface area (Å²) in [7, 11) is 0. The summed E-state index contributed by atoms with van der Waals surface area (Å²) in [4.78, 5) is 12.7. The lowest BCUT2D eigenvalue weighted by Crippen LogP contribution is -2.13. The first kappa shape index (κ1) is 24.4. The van der Waals surface area contributed by atoms with Crippen LogP contribution < -0.4 is 10.1 Å². The highest BCUT2D eigenvalue weighted by atomic mass is 35.5. The minimum Gasteiger partial charge on any atom is -0.481 e. The zero-order chi connectivity index (χ0) is 24.2. The van der Waals surface area contributed by atoms with E-state index in [0.717, 1.165) is 16.7 Å². The maximum Gasteiger partial charge on any atom is 0.255 e. The van der Waals surface area contributed by atoms with E-state index in [1.54, 1.807) is 66.7 Å². The van der Waals surface area contributed by atoms with Crippen molar-refractivity contribution in [2.24, 2.45) is 0 Å². The van der Waals surface area contributed by atoms with Gasteiger partial charge in [-0.3, -0.25) is 4.79 Å². The van der Waals surface area contributed by atoms with Crippen molar-refractivity contribution < 1.29 is 9.53 Å². The molecule has 1 atom stereocenters. The van der Waals surface area contributed by atoms with Crippen LogP contribution in [0, 0.1) is 6.92 Å². The van der Waals surface area contributed by atoms with Crippen molar-refractivity contribution >= 4 is 58.0 Å². The van der Waals surface area contributed by atoms with Gasteiger partial charge in [-0.2, -0.15) is 0 Å². The van der Waals surface area contributed by atoms with Crippen molar-refractivity contribution in [1.82, 2.24) is 0 Å². The van der Waals surface area contributed by atoms with Crippen molar-refractivity contribution in [1.29, 1.82) is 0 Å². The smallest absolute Gasteiger partial charge is 0.255 e. The molecule has 4 aromatic rings. The minimum atomic E-state index is -0.505. The summed E-state index contributed by atoms with van der Waals surface area (Å²) in [5.74, 6) is 0.390. The molecule has 0 aliphatic heterocycles. The zero-order valence-corrected chi connectivity index (χ0v) is 21.0. The molecule has 0 aliphatic rings. The number of carbonyl (C=O) groups is 1. The molecular weight excluding hydrogens is 512 g/mol. The molecule has 0 bridgehead atoms. The molecule has 0 saturated carbocycles. The van der Waals surface area contributed by atoms with Gasteiger partial charge < -0.3 is 10.1 Å². The van der Waals surface area contributed by atoms with E-state index in [4.69, 9.17) is 51.1 Å². The SMILES string of the molecule is Cc1cc(C(=O)Nc2ccc(Cl)cc2)ccc1OC(c1ccc(Cl)cc1)c1ccc(Cl)cc1Cl. The molecule has 0 fully saturated rings. The molecule has 3 nitrogen and oxygen atoms in total. The molecule has 0 aromatic heterocycles. The Balaban J connectivity index is 1.61. The van der Waals surface area contributed by atoms with Crippen LogP contribution in [0.15, 0.2) is 84.9 Å². The van der Waals surface area contributed by atoms with Crippen LogP contribution in [0.25, 0.3) is 0 Å². The van der Waals surface area contributed by atoms with Gasteiger partial charge in [0.25, 0.3) is 5.91 Å². The van der Waals surface area contributed by atoms with Crippen molar-refractivity contribution in [2.75, 3.05) is 5.32 Å². The van der Waals surface area contributed by atoms with Crippen molar-refractivity contribution in [3.63, 3.8) is 0 Å². The highest BCUT2D eigenvalue weighted by molar-refractivity contribution is 6.35. The number of ether oxygens (including phenoxy) is 1. The van der Waals surface area contributed by atoms with Gasteiger partial charge in [0, 0.05) is 36.9 Å². The quantitative estimate of drug-likeness (QED) is 0.270. The number of nitrogens with one attached hydrogen (secondary N) is 1. The number of aryl methyl sites for hydroxylation is 1. The van der Waals surface area contributed by atoms with Gasteiger partial charge in [0.15, 0.2) is 6.10 Å². The zero-order valence-electron chi connectivity index (χ0n) is 18.0. The monoisotopic (exact) mass is 529 g/mol. The van der Waals surface area contributed by atoms with E-state index in [2.05, 4.69) is 5.32 Å². The minimum absolute atomic E-state index is 0.230. The number of halogens is 4. The number of rotatable bonds is 6. The van der Waals surface area contributed by atoms with E-state index in [9.17, 15) is 4.79 Å². The van der Waals surface area contributed by atoms with Gasteiger partial charge in [0.05, 0.1) is 0 Å². The van der Waals surface area contributed by atoms with Gasteiger partial charge in [-0.25, -0.2) is 0 Å². The molecular formula is C27H19Cl4NO2. The van der Waals surface area contributed by atoms with Gasteiger partial charge >= 0.3 is 0 Å². The molecule has 0 spiro atoms. The first-order valence-corrected chi connectivity index (χ1v) is 11.9. The Bertz CT molecular complexity index is 1320. The third kappa shape index (κ3) is 5.86. The van der Waals surface area contributed by atoms with E-state index in [0.29, 0.717) is 37.1 Å². The highest BCUT2D eigenvalue weighted by Crippen LogP contribution is 2.36. The normalized spacial score (nSPS) is 11.7. The molecule has 0 radical (unpaired) electrons. The Kier molecular flexibility index (Phi) is 7.70. The fourth-order valence-corrected chi connectivity index (χ4v) is 4.21. The molecule has 4 aromatic carbocycles. The summed E-state index contributed by atoms with van der Waals surface area (Å²) in [6.45, 7) is 1.89. The average molecular weight is 531 g/mol. The number of amides is 1. The summed E-state index contributed by atoms with van der Waals surface area (Å²) >= 11 is 24.6. The molecule has 1 unspecified atom stereocenters. The second-order valence-corrected chi connectivity index (χ2v) is 9.37. The van der Waals surface area contributed by atoms with Crippen LogP contribution in [-0.2, 0) is 0 Å². The van der Waals surface area contributed by atoms with Crippen molar-refractivity contribution in [3.05, 3.63) is 127 Å². The summed E-state index contributed by atoms with van der Waals surface area (Å²) < 4.78 is 6.43. The predicted molar refractivity (Wildman–Crippen MR) is 141 cm³/mol. The predicted octanol–water partition coefficient (Wildman–Crippen LogP) is 9.03. The van der Waals surface area contributed by atoms with E-state index >= 15 is 0 Å². The molecule has 1 N–H and O–H groups in total. The fraction of sp³-hybridized carbons (Fsp3) is 0.0741. The van der Waals surface area contributed by atoms with Crippen molar-refractivity contribution in [3.8, 4) is 5.75 Å². The van der Waals surface area contributed by atoms with Gasteiger partial charge in [-0.1, -0.05) is 64.6 Å². The molecule has 0 saturated heterocycles. The van der Waals surface area contributed by atoms with E-state index in [1.165, 1.54) is 0 Å². The van der Waals surface area contributed by atoms with Gasteiger partial charge in [-0.15, -0.1) is 0 Å². The van der Waals surface area contributed by atoms with E-state index in [1.807, 2.05) is 25.1 Å². The second kappa shape index (κ2) is 10.7. The molecule has 34 heavy (non-hydrogen) atoms. The van der Waals surface area contributed by atoms with Gasteiger partial charge in [0.1, 0.15) is 5.75 Å². The topological polar surface area (TPSA) is 38.3 Å². The second-order valence-electron chi connectivity index (χ2n) is 7.66. The van der Waals surface area contributed by atoms with Crippen LogP contribution in [0.4, 0.5) is 5.69 Å². The first-order valence-electron chi connectivity index (χ1n) is 10.3. The van der Waals surface area contributed by atoms with Gasteiger partial charge in [0.2, 0.25) is 0 Å². The number of hydrogen-bond donors (Lipinski definition) is 1. The number of hydrogen-bond acceptors (Lipinski definition) is 2. The Morgan fingerprint density at radius 2 is 1.38 bits per heavy atom. The lowest BCUT2D eigenvalue weighted by atomic mass is 10.0. The molecule has 0 heterocycles. The van der Waals surface area contributed by atoms with Crippen LogP contribution in [0.1, 0.15) is 33.2 Å². The molecule has 172 valence electrons. The fourth-order valence-electron chi connectivity index (χ4n) is 3.45. The average Bonchev–Trinajstić information content (AvgIpc) is 2.81. The Hall–Kier alpha value is -2.69.